The molecule has 0 amide bonds. The summed E-state index contributed by atoms with van der Waals surface area (Å²) in [5.41, 5.74) is 2.53. The highest BCUT2D eigenvalue weighted by molar-refractivity contribution is 6.62. The number of aryl methyl sites for hydroxylation is 2. The van der Waals surface area contributed by atoms with E-state index in [1.807, 2.05) is 58.8 Å². The van der Waals surface area contributed by atoms with Gasteiger partial charge in [0.25, 0.3) is 0 Å². The van der Waals surface area contributed by atoms with Gasteiger partial charge in [0.15, 0.2) is 0 Å². The fourth-order valence-electron chi connectivity index (χ4n) is 3.72. The zero-order valence-corrected chi connectivity index (χ0v) is 18.6. The third-order valence-corrected chi connectivity index (χ3v) is 6.18. The quantitative estimate of drug-likeness (QED) is 0.703. The summed E-state index contributed by atoms with van der Waals surface area (Å²) in [4.78, 5) is 2.04. The van der Waals surface area contributed by atoms with Gasteiger partial charge in [-0.1, -0.05) is 18.2 Å². The first kappa shape index (κ1) is 21.9. The average Bonchev–Trinajstić information content (AvgIpc) is 2.81. The molecule has 1 aliphatic heterocycles. The lowest BCUT2D eigenvalue weighted by atomic mass is 9.72. The summed E-state index contributed by atoms with van der Waals surface area (Å²) in [6.45, 7) is 11.4. The maximum Gasteiger partial charge on any atom is 0.495 e. The molecule has 0 saturated carbocycles. The van der Waals surface area contributed by atoms with Crippen molar-refractivity contribution in [1.29, 1.82) is 0 Å². The Morgan fingerprint density at radius 2 is 1.41 bits per heavy atom. The van der Waals surface area contributed by atoms with Crippen molar-refractivity contribution >= 4 is 12.6 Å². The van der Waals surface area contributed by atoms with Crippen molar-refractivity contribution in [1.82, 2.24) is 4.90 Å². The Morgan fingerprint density at radius 3 is 1.93 bits per heavy atom. The van der Waals surface area contributed by atoms with Crippen LogP contribution >= 0.6 is 0 Å². The number of benzene rings is 2. The van der Waals surface area contributed by atoms with Gasteiger partial charge in [0.05, 0.1) is 17.2 Å². The van der Waals surface area contributed by atoms with Crippen molar-refractivity contribution in [3.05, 3.63) is 64.2 Å². The number of hydrogen-bond acceptors (Lipinski definition) is 3. The van der Waals surface area contributed by atoms with Crippen molar-refractivity contribution in [2.24, 2.45) is 0 Å². The number of rotatable bonds is 4. The Bertz CT molecular complexity index is 911. The highest BCUT2D eigenvalue weighted by atomic mass is 19.1. The van der Waals surface area contributed by atoms with Crippen LogP contribution in [0.1, 0.15) is 56.0 Å². The Kier molecular flexibility index (Phi) is 5.67. The molecule has 1 heterocycles. The van der Waals surface area contributed by atoms with E-state index in [0.29, 0.717) is 16.6 Å². The predicted octanol–water partition coefficient (Wildman–Crippen LogP) is 4.53. The minimum Gasteiger partial charge on any atom is -0.399 e. The van der Waals surface area contributed by atoms with Crippen LogP contribution in [0.15, 0.2) is 30.3 Å². The molecule has 0 aromatic heterocycles. The molecule has 3 nitrogen and oxygen atoms in total. The van der Waals surface area contributed by atoms with E-state index in [9.17, 15) is 8.78 Å². The normalized spacial score (nSPS) is 19.1. The molecule has 0 bridgehead atoms. The van der Waals surface area contributed by atoms with E-state index in [2.05, 4.69) is 0 Å². The zero-order valence-electron chi connectivity index (χ0n) is 18.6. The van der Waals surface area contributed by atoms with E-state index in [1.165, 1.54) is 12.1 Å². The van der Waals surface area contributed by atoms with Crippen molar-refractivity contribution < 1.29 is 18.1 Å². The maximum absolute atomic E-state index is 14.6. The van der Waals surface area contributed by atoms with Crippen LogP contribution in [0.4, 0.5) is 8.78 Å². The summed E-state index contributed by atoms with van der Waals surface area (Å²) in [6, 6.07) is 8.25. The molecular formula is C23H30BF2NO2. The topological polar surface area (TPSA) is 21.7 Å². The molecule has 6 heteroatoms. The van der Waals surface area contributed by atoms with E-state index >= 15 is 0 Å². The fraction of sp³-hybridized carbons (Fsp3) is 0.478. The highest BCUT2D eigenvalue weighted by Gasteiger charge is 2.52. The maximum atomic E-state index is 14.6. The van der Waals surface area contributed by atoms with E-state index in [-0.39, 0.29) is 17.7 Å². The van der Waals surface area contributed by atoms with Gasteiger partial charge in [0.1, 0.15) is 11.6 Å². The molecule has 0 spiro atoms. The molecule has 3 rings (SSSR count). The van der Waals surface area contributed by atoms with E-state index in [1.54, 1.807) is 19.9 Å². The van der Waals surface area contributed by atoms with Gasteiger partial charge in [0.2, 0.25) is 0 Å². The summed E-state index contributed by atoms with van der Waals surface area (Å²) in [5.74, 6) is -0.543. The van der Waals surface area contributed by atoms with Crippen LogP contribution in [-0.4, -0.2) is 37.3 Å². The lowest BCUT2D eigenvalue weighted by Crippen LogP contribution is -2.41. The van der Waals surface area contributed by atoms with Gasteiger partial charge in [-0.3, -0.25) is 4.90 Å². The number of halogens is 2. The van der Waals surface area contributed by atoms with Crippen LogP contribution in [0.25, 0.3) is 0 Å². The van der Waals surface area contributed by atoms with E-state index in [4.69, 9.17) is 9.31 Å². The lowest BCUT2D eigenvalue weighted by Gasteiger charge is -2.32. The molecule has 1 fully saturated rings. The predicted molar refractivity (Wildman–Crippen MR) is 114 cm³/mol. The van der Waals surface area contributed by atoms with Gasteiger partial charge < -0.3 is 9.31 Å². The molecular weight excluding hydrogens is 371 g/mol. The monoisotopic (exact) mass is 401 g/mol. The summed E-state index contributed by atoms with van der Waals surface area (Å²) < 4.78 is 40.9. The first-order chi connectivity index (χ1) is 13.3. The standard InChI is InChI=1S/C23H30BF2NO2/c1-14-11-16(9-10-19(14)25)21(27(7)8)17-12-15(2)20(26)13-18(17)24-28-22(3,4)23(5,6)29-24/h9-13,21H,1-8H3/t21-/m0/s1. The van der Waals surface area contributed by atoms with Crippen LogP contribution in [-0.2, 0) is 9.31 Å². The molecule has 2 aromatic carbocycles. The summed E-state index contributed by atoms with van der Waals surface area (Å²) in [5, 5.41) is 0. The first-order valence-electron chi connectivity index (χ1n) is 9.92. The second-order valence-electron chi connectivity index (χ2n) is 9.19. The third-order valence-electron chi connectivity index (χ3n) is 6.18. The Hall–Kier alpha value is -1.76. The fourth-order valence-corrected chi connectivity index (χ4v) is 3.72. The molecule has 0 N–H and O–H groups in total. The molecule has 1 aliphatic rings. The van der Waals surface area contributed by atoms with Gasteiger partial charge in [-0.05, 0) is 95.5 Å². The summed E-state index contributed by atoms with van der Waals surface area (Å²) >= 11 is 0. The van der Waals surface area contributed by atoms with Crippen molar-refractivity contribution in [2.45, 2.75) is 58.8 Å². The molecule has 0 unspecified atom stereocenters. The second kappa shape index (κ2) is 7.49. The SMILES string of the molecule is Cc1cc([C@@H](c2cc(C)c(F)cc2B2OC(C)(C)C(C)(C)O2)N(C)C)ccc1F. The summed E-state index contributed by atoms with van der Waals surface area (Å²) in [7, 11) is 3.22. The molecule has 0 radical (unpaired) electrons. The highest BCUT2D eigenvalue weighted by Crippen LogP contribution is 2.38. The number of hydrogen-bond donors (Lipinski definition) is 0. The van der Waals surface area contributed by atoms with Crippen molar-refractivity contribution in [3.8, 4) is 0 Å². The van der Waals surface area contributed by atoms with Crippen LogP contribution in [0.2, 0.25) is 0 Å². The van der Waals surface area contributed by atoms with Crippen molar-refractivity contribution in [3.63, 3.8) is 0 Å². The van der Waals surface area contributed by atoms with Crippen LogP contribution in [0.3, 0.4) is 0 Å². The average molecular weight is 401 g/mol. The molecule has 0 aliphatic carbocycles. The van der Waals surface area contributed by atoms with Gasteiger partial charge in [-0.15, -0.1) is 0 Å². The van der Waals surface area contributed by atoms with Gasteiger partial charge in [-0.2, -0.15) is 0 Å². The molecule has 1 saturated heterocycles. The largest absolute Gasteiger partial charge is 0.495 e. The zero-order chi connectivity index (χ0) is 21.7. The van der Waals surface area contributed by atoms with E-state index in [0.717, 1.165) is 11.1 Å². The van der Waals surface area contributed by atoms with Crippen LogP contribution in [0, 0.1) is 25.5 Å². The Labute approximate surface area is 173 Å². The van der Waals surface area contributed by atoms with Gasteiger partial charge in [-0.25, -0.2) is 8.78 Å². The molecule has 156 valence electrons. The Balaban J connectivity index is 2.17. The first-order valence-corrected chi connectivity index (χ1v) is 9.92. The van der Waals surface area contributed by atoms with Gasteiger partial charge in [0, 0.05) is 0 Å². The number of nitrogens with zero attached hydrogens (tertiary/aromatic N) is 1. The lowest BCUT2D eigenvalue weighted by molar-refractivity contribution is 0.00578. The minimum absolute atomic E-state index is 0.206. The minimum atomic E-state index is -0.686. The molecule has 29 heavy (non-hydrogen) atoms. The Morgan fingerprint density at radius 1 is 0.862 bits per heavy atom. The van der Waals surface area contributed by atoms with E-state index < -0.39 is 18.3 Å². The molecule has 1 atom stereocenters. The van der Waals surface area contributed by atoms with Crippen molar-refractivity contribution in [2.75, 3.05) is 14.1 Å². The summed E-state index contributed by atoms with van der Waals surface area (Å²) in [6.07, 6.45) is 0. The second-order valence-corrected chi connectivity index (χ2v) is 9.19. The van der Waals surface area contributed by atoms with Gasteiger partial charge >= 0.3 is 7.12 Å². The third kappa shape index (κ3) is 3.98. The smallest absolute Gasteiger partial charge is 0.399 e. The molecule has 2 aromatic rings. The van der Waals surface area contributed by atoms with Crippen LogP contribution in [0.5, 0.6) is 0 Å². The van der Waals surface area contributed by atoms with Crippen LogP contribution < -0.4 is 5.46 Å².